The Morgan fingerprint density at radius 2 is 2.11 bits per heavy atom. The molecule has 1 heterocycles. The highest BCUT2D eigenvalue weighted by atomic mass is 16.3. The van der Waals surface area contributed by atoms with Gasteiger partial charge in [0.15, 0.2) is 0 Å². The third-order valence-corrected chi connectivity index (χ3v) is 3.05. The smallest absolute Gasteiger partial charge is 0.139 e. The van der Waals surface area contributed by atoms with Crippen LogP contribution in [0, 0.1) is 0 Å². The van der Waals surface area contributed by atoms with Crippen molar-refractivity contribution in [2.24, 2.45) is 0 Å². The maximum atomic E-state index is 9.02. The third kappa shape index (κ3) is 2.97. The molecule has 0 fully saturated rings. The predicted octanol–water partition coefficient (Wildman–Crippen LogP) is 1.52. The van der Waals surface area contributed by atoms with Crippen molar-refractivity contribution < 1.29 is 5.11 Å². The minimum Gasteiger partial charge on any atom is -0.396 e. The lowest BCUT2D eigenvalue weighted by atomic mass is 10.2. The highest BCUT2D eigenvalue weighted by molar-refractivity contribution is 5.55. The van der Waals surface area contributed by atoms with Gasteiger partial charge in [-0.15, -0.1) is 0 Å². The molecule has 0 aliphatic heterocycles. The second kappa shape index (κ2) is 6.33. The standard InChI is InChI=1S/C14H19N3O/c1-15-13(7-10-18)11-17-9-8-16-14(17)12-5-3-2-4-6-12/h2-6,8-9,13,15,18H,7,10-11H2,1H3. The molecule has 0 radical (unpaired) electrons. The molecule has 4 nitrogen and oxygen atoms in total. The fourth-order valence-corrected chi connectivity index (χ4v) is 2.02. The Kier molecular flexibility index (Phi) is 4.50. The summed E-state index contributed by atoms with van der Waals surface area (Å²) in [6.45, 7) is 1.00. The number of hydrogen-bond donors (Lipinski definition) is 2. The molecule has 18 heavy (non-hydrogen) atoms. The molecule has 2 rings (SSSR count). The van der Waals surface area contributed by atoms with Gasteiger partial charge in [-0.1, -0.05) is 30.3 Å². The fourth-order valence-electron chi connectivity index (χ4n) is 2.02. The number of imidazole rings is 1. The molecule has 4 heteroatoms. The molecule has 0 aliphatic rings. The fraction of sp³-hybridized carbons (Fsp3) is 0.357. The van der Waals surface area contributed by atoms with Crippen molar-refractivity contribution in [3.63, 3.8) is 0 Å². The number of nitrogens with one attached hydrogen (secondary N) is 1. The van der Waals surface area contributed by atoms with Crippen LogP contribution in [0.15, 0.2) is 42.7 Å². The summed E-state index contributed by atoms with van der Waals surface area (Å²) in [5, 5.41) is 12.2. The van der Waals surface area contributed by atoms with E-state index in [0.717, 1.165) is 24.4 Å². The van der Waals surface area contributed by atoms with Crippen molar-refractivity contribution in [1.82, 2.24) is 14.9 Å². The Balaban J connectivity index is 2.18. The van der Waals surface area contributed by atoms with Crippen molar-refractivity contribution in [2.75, 3.05) is 13.7 Å². The van der Waals surface area contributed by atoms with Crippen molar-refractivity contribution in [3.8, 4) is 11.4 Å². The molecule has 1 unspecified atom stereocenters. The van der Waals surface area contributed by atoms with Gasteiger partial charge in [-0.25, -0.2) is 4.98 Å². The highest BCUT2D eigenvalue weighted by Crippen LogP contribution is 2.17. The van der Waals surface area contributed by atoms with Crippen molar-refractivity contribution in [1.29, 1.82) is 0 Å². The molecule has 0 saturated carbocycles. The van der Waals surface area contributed by atoms with E-state index < -0.39 is 0 Å². The minimum absolute atomic E-state index is 0.195. The molecular weight excluding hydrogens is 226 g/mol. The van der Waals surface area contributed by atoms with Gasteiger partial charge in [0.1, 0.15) is 5.82 Å². The maximum absolute atomic E-state index is 9.02. The van der Waals surface area contributed by atoms with E-state index in [-0.39, 0.29) is 12.6 Å². The third-order valence-electron chi connectivity index (χ3n) is 3.05. The second-order valence-corrected chi connectivity index (χ2v) is 4.27. The number of aliphatic hydroxyl groups excluding tert-OH is 1. The molecule has 1 aromatic carbocycles. The van der Waals surface area contributed by atoms with Crippen LogP contribution < -0.4 is 5.32 Å². The first-order valence-corrected chi connectivity index (χ1v) is 6.20. The number of aromatic nitrogens is 2. The molecule has 2 N–H and O–H groups in total. The van der Waals surface area contributed by atoms with Crippen LogP contribution in [0.1, 0.15) is 6.42 Å². The quantitative estimate of drug-likeness (QED) is 0.811. The van der Waals surface area contributed by atoms with Crippen LogP contribution in [0.25, 0.3) is 11.4 Å². The van der Waals surface area contributed by atoms with Crippen LogP contribution >= 0.6 is 0 Å². The Morgan fingerprint density at radius 1 is 1.33 bits per heavy atom. The topological polar surface area (TPSA) is 50.1 Å². The Hall–Kier alpha value is -1.65. The molecular formula is C14H19N3O. The van der Waals surface area contributed by atoms with Gasteiger partial charge < -0.3 is 15.0 Å². The molecule has 1 aromatic heterocycles. The molecule has 0 bridgehead atoms. The number of aliphatic hydroxyl groups is 1. The summed E-state index contributed by atoms with van der Waals surface area (Å²) in [4.78, 5) is 4.41. The largest absolute Gasteiger partial charge is 0.396 e. The first-order chi connectivity index (χ1) is 8.85. The van der Waals surface area contributed by atoms with Crippen LogP contribution in [0.3, 0.4) is 0 Å². The number of likely N-dealkylation sites (N-methyl/N-ethyl adjacent to an activating group) is 1. The number of hydrogen-bond acceptors (Lipinski definition) is 3. The summed E-state index contributed by atoms with van der Waals surface area (Å²) in [5.41, 5.74) is 1.11. The van der Waals surface area contributed by atoms with Crippen LogP contribution in [-0.2, 0) is 6.54 Å². The zero-order valence-electron chi connectivity index (χ0n) is 10.6. The van der Waals surface area contributed by atoms with Gasteiger partial charge in [-0.3, -0.25) is 0 Å². The number of nitrogens with zero attached hydrogens (tertiary/aromatic N) is 2. The van der Waals surface area contributed by atoms with E-state index in [1.165, 1.54) is 0 Å². The number of rotatable bonds is 6. The molecule has 0 aliphatic carbocycles. The summed E-state index contributed by atoms with van der Waals surface area (Å²) in [7, 11) is 1.92. The Bertz CT molecular complexity index is 467. The van der Waals surface area contributed by atoms with Crippen LogP contribution in [0.5, 0.6) is 0 Å². The van der Waals surface area contributed by atoms with E-state index in [9.17, 15) is 0 Å². The zero-order valence-corrected chi connectivity index (χ0v) is 10.6. The summed E-state index contributed by atoms with van der Waals surface area (Å²) >= 11 is 0. The summed E-state index contributed by atoms with van der Waals surface area (Å²) < 4.78 is 2.12. The van der Waals surface area contributed by atoms with E-state index in [4.69, 9.17) is 5.11 Å². The average Bonchev–Trinajstić information content (AvgIpc) is 2.87. The Labute approximate surface area is 107 Å². The normalized spacial score (nSPS) is 12.6. The molecule has 0 spiro atoms. The van der Waals surface area contributed by atoms with E-state index in [1.807, 2.05) is 37.6 Å². The zero-order chi connectivity index (χ0) is 12.8. The van der Waals surface area contributed by atoms with Gasteiger partial charge in [-0.2, -0.15) is 0 Å². The monoisotopic (exact) mass is 245 g/mol. The summed E-state index contributed by atoms with van der Waals surface area (Å²) in [6.07, 6.45) is 4.53. The van der Waals surface area contributed by atoms with Crippen LogP contribution in [0.2, 0.25) is 0 Å². The lowest BCUT2D eigenvalue weighted by Gasteiger charge is -2.17. The average molecular weight is 245 g/mol. The molecule has 96 valence electrons. The van der Waals surface area contributed by atoms with E-state index in [1.54, 1.807) is 0 Å². The van der Waals surface area contributed by atoms with Gasteiger partial charge in [0.2, 0.25) is 0 Å². The van der Waals surface area contributed by atoms with E-state index in [0.29, 0.717) is 0 Å². The second-order valence-electron chi connectivity index (χ2n) is 4.27. The molecule has 2 aromatic rings. The molecule has 0 saturated heterocycles. The summed E-state index contributed by atoms with van der Waals surface area (Å²) in [5.74, 6) is 0.966. The summed E-state index contributed by atoms with van der Waals surface area (Å²) in [6, 6.07) is 10.4. The molecule has 1 atom stereocenters. The van der Waals surface area contributed by atoms with Gasteiger partial charge in [-0.05, 0) is 13.5 Å². The van der Waals surface area contributed by atoms with Gasteiger partial charge >= 0.3 is 0 Å². The van der Waals surface area contributed by atoms with Crippen molar-refractivity contribution >= 4 is 0 Å². The van der Waals surface area contributed by atoms with Gasteiger partial charge in [0.05, 0.1) is 0 Å². The Morgan fingerprint density at radius 3 is 2.78 bits per heavy atom. The lowest BCUT2D eigenvalue weighted by Crippen LogP contribution is -2.31. The van der Waals surface area contributed by atoms with Gasteiger partial charge in [0.25, 0.3) is 0 Å². The molecule has 0 amide bonds. The number of benzene rings is 1. The van der Waals surface area contributed by atoms with Gasteiger partial charge in [0, 0.05) is 37.2 Å². The maximum Gasteiger partial charge on any atom is 0.139 e. The SMILES string of the molecule is CNC(CCO)Cn1ccnc1-c1ccccc1. The first kappa shape index (κ1) is 12.8. The highest BCUT2D eigenvalue weighted by Gasteiger charge is 2.10. The first-order valence-electron chi connectivity index (χ1n) is 6.20. The van der Waals surface area contributed by atoms with Crippen molar-refractivity contribution in [3.05, 3.63) is 42.7 Å². The van der Waals surface area contributed by atoms with E-state index >= 15 is 0 Å². The minimum atomic E-state index is 0.195. The van der Waals surface area contributed by atoms with E-state index in [2.05, 4.69) is 27.0 Å². The predicted molar refractivity (Wildman–Crippen MR) is 72.2 cm³/mol. The van der Waals surface area contributed by atoms with Crippen LogP contribution in [0.4, 0.5) is 0 Å². The van der Waals surface area contributed by atoms with Crippen LogP contribution in [-0.4, -0.2) is 34.4 Å². The lowest BCUT2D eigenvalue weighted by molar-refractivity contribution is 0.260. The van der Waals surface area contributed by atoms with Crippen molar-refractivity contribution in [2.45, 2.75) is 19.0 Å².